The predicted octanol–water partition coefficient (Wildman–Crippen LogP) is 10.5. The number of para-hydroxylation sites is 2. The van der Waals surface area contributed by atoms with Crippen LogP contribution in [-0.4, -0.2) is 9.13 Å². The average molecular weight is 529 g/mol. The van der Waals surface area contributed by atoms with Crippen molar-refractivity contribution in [2.45, 2.75) is 0 Å². The van der Waals surface area contributed by atoms with Gasteiger partial charge in [0.2, 0.25) is 0 Å². The number of thiophene rings is 1. The molecule has 0 spiro atoms. The van der Waals surface area contributed by atoms with Crippen LogP contribution in [-0.2, 0) is 7.05 Å². The minimum Gasteiger partial charge on any atom is -0.344 e. The number of nitrogens with zero attached hydrogens (tertiary/aromatic N) is 2. The minimum atomic E-state index is 1.18. The summed E-state index contributed by atoms with van der Waals surface area (Å²) in [5.41, 5.74) is 8.73. The van der Waals surface area contributed by atoms with Gasteiger partial charge in [0.15, 0.2) is 0 Å². The first-order valence-electron chi connectivity index (χ1n) is 13.7. The Morgan fingerprint density at radius 1 is 0.475 bits per heavy atom. The molecule has 9 rings (SSSR count). The molecule has 3 heterocycles. The lowest BCUT2D eigenvalue weighted by Crippen LogP contribution is -1.94. The van der Waals surface area contributed by atoms with Crippen LogP contribution in [0.5, 0.6) is 0 Å². The fraction of sp³-hybridized carbons (Fsp3) is 0.0270. The molecule has 0 atom stereocenters. The van der Waals surface area contributed by atoms with Crippen LogP contribution in [0.2, 0.25) is 0 Å². The van der Waals surface area contributed by atoms with Crippen molar-refractivity contribution in [2.24, 2.45) is 7.05 Å². The summed E-state index contributed by atoms with van der Waals surface area (Å²) in [7, 11) is 2.17. The summed E-state index contributed by atoms with van der Waals surface area (Å²) >= 11 is 1.89. The molecule has 0 saturated heterocycles. The molecule has 0 fully saturated rings. The van der Waals surface area contributed by atoms with E-state index >= 15 is 0 Å². The molecular formula is C37H24N2S. The number of benzene rings is 6. The molecule has 6 aromatic carbocycles. The third-order valence-corrected chi connectivity index (χ3v) is 9.77. The zero-order valence-electron chi connectivity index (χ0n) is 21.9. The molecule has 0 radical (unpaired) electrons. The fourth-order valence-corrected chi connectivity index (χ4v) is 7.99. The van der Waals surface area contributed by atoms with E-state index in [-0.39, 0.29) is 0 Å². The maximum absolute atomic E-state index is 2.43. The van der Waals surface area contributed by atoms with E-state index in [0.717, 1.165) is 0 Å². The first-order chi connectivity index (χ1) is 19.8. The van der Waals surface area contributed by atoms with Crippen molar-refractivity contribution in [1.82, 2.24) is 9.13 Å². The van der Waals surface area contributed by atoms with Gasteiger partial charge in [-0.05, 0) is 53.6 Å². The summed E-state index contributed by atoms with van der Waals surface area (Å²) in [4.78, 5) is 0. The first kappa shape index (κ1) is 22.0. The summed E-state index contributed by atoms with van der Waals surface area (Å²) < 4.78 is 7.44. The van der Waals surface area contributed by atoms with Crippen LogP contribution < -0.4 is 0 Å². The Morgan fingerprint density at radius 3 is 1.93 bits per heavy atom. The van der Waals surface area contributed by atoms with Gasteiger partial charge in [0.25, 0.3) is 0 Å². The normalized spacial score (nSPS) is 12.1. The standard InChI is InChI=1S/C37H24N2S/c1-38-30-14-5-2-10-28(30)35-32(38)21-22-33-36(35)29-11-3-6-15-31(29)39(33)24-19-17-23(18-20-24)25-12-8-13-27-26-9-4-7-16-34(26)40-37(25)27/h2-22H,1H3. The van der Waals surface area contributed by atoms with Gasteiger partial charge in [-0.2, -0.15) is 0 Å². The highest BCUT2D eigenvalue weighted by molar-refractivity contribution is 7.26. The smallest absolute Gasteiger partial charge is 0.0548 e. The van der Waals surface area contributed by atoms with E-state index in [1.807, 2.05) is 11.3 Å². The third-order valence-electron chi connectivity index (χ3n) is 8.55. The van der Waals surface area contributed by atoms with E-state index in [1.165, 1.54) is 80.6 Å². The number of aromatic nitrogens is 2. The summed E-state index contributed by atoms with van der Waals surface area (Å²) in [6, 6.07) is 46.7. The van der Waals surface area contributed by atoms with E-state index in [1.54, 1.807) is 0 Å². The Morgan fingerprint density at radius 2 is 1.10 bits per heavy atom. The zero-order chi connectivity index (χ0) is 26.4. The van der Waals surface area contributed by atoms with Gasteiger partial charge in [0.05, 0.1) is 11.0 Å². The summed E-state index contributed by atoms with van der Waals surface area (Å²) in [5, 5.41) is 7.93. The SMILES string of the molecule is Cn1c2ccccc2c2c3c4ccccc4n(-c4ccc(-c5cccc6c5sc5ccccc56)cc4)c3ccc21. The van der Waals surface area contributed by atoms with Crippen molar-refractivity contribution in [3.05, 3.63) is 127 Å². The van der Waals surface area contributed by atoms with Gasteiger partial charge in [-0.1, -0.05) is 84.9 Å². The quantitative estimate of drug-likeness (QED) is 0.211. The Balaban J connectivity index is 1.29. The Labute approximate surface area is 234 Å². The lowest BCUT2D eigenvalue weighted by atomic mass is 10.0. The number of aryl methyl sites for hydroxylation is 1. The molecule has 9 aromatic rings. The molecule has 0 aliphatic carbocycles. The molecule has 0 amide bonds. The molecule has 0 aliphatic rings. The van der Waals surface area contributed by atoms with Gasteiger partial charge in [-0.3, -0.25) is 0 Å². The summed E-state index contributed by atoms with van der Waals surface area (Å²) in [5.74, 6) is 0. The van der Waals surface area contributed by atoms with Crippen molar-refractivity contribution in [1.29, 1.82) is 0 Å². The van der Waals surface area contributed by atoms with Crippen LogP contribution >= 0.6 is 11.3 Å². The van der Waals surface area contributed by atoms with E-state index in [4.69, 9.17) is 0 Å². The lowest BCUT2D eigenvalue weighted by molar-refractivity contribution is 1.01. The molecular weight excluding hydrogens is 504 g/mol. The van der Waals surface area contributed by atoms with Gasteiger partial charge < -0.3 is 9.13 Å². The van der Waals surface area contributed by atoms with Gasteiger partial charge >= 0.3 is 0 Å². The molecule has 0 N–H and O–H groups in total. The number of hydrogen-bond donors (Lipinski definition) is 0. The molecule has 40 heavy (non-hydrogen) atoms. The highest BCUT2D eigenvalue weighted by Crippen LogP contribution is 2.42. The van der Waals surface area contributed by atoms with E-state index in [2.05, 4.69) is 144 Å². The van der Waals surface area contributed by atoms with Crippen molar-refractivity contribution >= 4 is 75.1 Å². The maximum atomic E-state index is 2.43. The second-order valence-corrected chi connectivity index (χ2v) is 11.7. The second kappa shape index (κ2) is 8.08. The maximum Gasteiger partial charge on any atom is 0.0548 e. The van der Waals surface area contributed by atoms with Crippen LogP contribution in [0.25, 0.3) is 80.6 Å². The predicted molar refractivity (Wildman–Crippen MR) is 173 cm³/mol. The van der Waals surface area contributed by atoms with Crippen LogP contribution in [0.15, 0.2) is 127 Å². The van der Waals surface area contributed by atoms with Crippen LogP contribution in [0.3, 0.4) is 0 Å². The minimum absolute atomic E-state index is 1.18. The second-order valence-electron chi connectivity index (χ2n) is 10.6. The molecule has 2 nitrogen and oxygen atoms in total. The summed E-state index contributed by atoms with van der Waals surface area (Å²) in [6.07, 6.45) is 0. The van der Waals surface area contributed by atoms with Crippen molar-refractivity contribution < 1.29 is 0 Å². The highest BCUT2D eigenvalue weighted by Gasteiger charge is 2.19. The molecule has 0 unspecified atom stereocenters. The van der Waals surface area contributed by atoms with Crippen molar-refractivity contribution in [3.63, 3.8) is 0 Å². The average Bonchev–Trinajstić information content (AvgIpc) is 3.65. The largest absolute Gasteiger partial charge is 0.344 e. The number of rotatable bonds is 2. The Bertz CT molecular complexity index is 2430. The van der Waals surface area contributed by atoms with Crippen LogP contribution in [0.4, 0.5) is 0 Å². The zero-order valence-corrected chi connectivity index (χ0v) is 22.7. The van der Waals surface area contributed by atoms with Crippen LogP contribution in [0.1, 0.15) is 0 Å². The molecule has 188 valence electrons. The van der Waals surface area contributed by atoms with Gasteiger partial charge in [0.1, 0.15) is 0 Å². The topological polar surface area (TPSA) is 9.86 Å². The number of fused-ring (bicyclic) bond motifs is 10. The Kier molecular flexibility index (Phi) is 4.44. The first-order valence-corrected chi connectivity index (χ1v) is 14.5. The van der Waals surface area contributed by atoms with Gasteiger partial charge in [-0.25, -0.2) is 0 Å². The van der Waals surface area contributed by atoms with E-state index in [0.29, 0.717) is 0 Å². The van der Waals surface area contributed by atoms with Gasteiger partial charge in [0, 0.05) is 65.5 Å². The van der Waals surface area contributed by atoms with Crippen molar-refractivity contribution in [2.75, 3.05) is 0 Å². The van der Waals surface area contributed by atoms with Crippen molar-refractivity contribution in [3.8, 4) is 16.8 Å². The molecule has 0 bridgehead atoms. The van der Waals surface area contributed by atoms with E-state index in [9.17, 15) is 0 Å². The molecule has 0 saturated carbocycles. The third kappa shape index (κ3) is 2.87. The molecule has 3 heteroatoms. The molecule has 0 aliphatic heterocycles. The molecule has 3 aromatic heterocycles. The summed E-state index contributed by atoms with van der Waals surface area (Å²) in [6.45, 7) is 0. The Hall–Kier alpha value is -4.86. The van der Waals surface area contributed by atoms with Crippen LogP contribution in [0, 0.1) is 0 Å². The van der Waals surface area contributed by atoms with Gasteiger partial charge in [-0.15, -0.1) is 11.3 Å². The highest BCUT2D eigenvalue weighted by atomic mass is 32.1. The fourth-order valence-electron chi connectivity index (χ4n) is 6.75. The number of hydrogen-bond acceptors (Lipinski definition) is 1. The lowest BCUT2D eigenvalue weighted by Gasteiger charge is -2.10. The van der Waals surface area contributed by atoms with E-state index < -0.39 is 0 Å². The monoisotopic (exact) mass is 528 g/mol.